The van der Waals surface area contributed by atoms with Crippen LogP contribution in [-0.4, -0.2) is 79.2 Å². The first-order valence-corrected chi connectivity index (χ1v) is 12.9. The van der Waals surface area contributed by atoms with E-state index in [-0.39, 0.29) is 25.4 Å². The molecule has 0 bridgehead atoms. The number of piperazine rings is 1. The monoisotopic (exact) mass is 522 g/mol. The number of anilines is 2. The van der Waals surface area contributed by atoms with Crippen molar-refractivity contribution in [3.8, 4) is 0 Å². The van der Waals surface area contributed by atoms with Gasteiger partial charge >= 0.3 is 12.1 Å². The molecule has 1 fully saturated rings. The van der Waals surface area contributed by atoms with Gasteiger partial charge in [0.15, 0.2) is 5.96 Å². The van der Waals surface area contributed by atoms with E-state index in [2.05, 4.69) is 31.9 Å². The molecule has 1 saturated heterocycles. The van der Waals surface area contributed by atoms with Crippen molar-refractivity contribution in [1.82, 2.24) is 15.5 Å². The van der Waals surface area contributed by atoms with Crippen LogP contribution in [-0.2, 0) is 20.9 Å². The minimum absolute atomic E-state index is 0.0134. The molecule has 2 aromatic rings. The number of alkyl carbamates (subject to hydrolysis) is 1. The van der Waals surface area contributed by atoms with E-state index in [1.807, 2.05) is 36.4 Å². The highest BCUT2D eigenvalue weighted by atomic mass is 16.5. The van der Waals surface area contributed by atoms with Crippen molar-refractivity contribution >= 4 is 35.3 Å². The van der Waals surface area contributed by atoms with Crippen LogP contribution in [0.3, 0.4) is 0 Å². The largest absolute Gasteiger partial charge is 0.480 e. The SMILES string of the molecule is O=C(N[C@@H](CCC(=O)N1CCN(c2cccc(NC3=NCCCN3)c2)CC1)C(=O)O)OCc1ccccc1. The molecule has 0 aliphatic carbocycles. The van der Waals surface area contributed by atoms with Crippen LogP contribution in [0, 0.1) is 0 Å². The maximum Gasteiger partial charge on any atom is 0.408 e. The molecule has 11 heteroatoms. The smallest absolute Gasteiger partial charge is 0.408 e. The minimum Gasteiger partial charge on any atom is -0.480 e. The molecule has 0 aromatic heterocycles. The number of guanidine groups is 1. The Labute approximate surface area is 221 Å². The maximum atomic E-state index is 12.8. The Balaban J connectivity index is 1.21. The first kappa shape index (κ1) is 26.8. The van der Waals surface area contributed by atoms with Gasteiger partial charge in [-0.2, -0.15) is 0 Å². The third kappa shape index (κ3) is 7.86. The molecule has 2 heterocycles. The zero-order chi connectivity index (χ0) is 26.7. The summed E-state index contributed by atoms with van der Waals surface area (Å²) in [5.41, 5.74) is 2.80. The second kappa shape index (κ2) is 13.3. The standard InChI is InChI=1S/C27H34N6O5/c34-24(11-10-23(25(35)36)31-27(37)38-19-20-6-2-1-3-7-20)33-16-14-32(15-17-33)22-9-4-8-21(18-22)30-26-28-12-5-13-29-26/h1-4,6-9,18,23H,5,10-17,19H2,(H,31,37)(H,35,36)(H2,28,29,30)/t23-/m0/s1. The first-order chi connectivity index (χ1) is 18.5. The molecule has 11 nitrogen and oxygen atoms in total. The molecule has 0 radical (unpaired) electrons. The molecular formula is C27H34N6O5. The average Bonchev–Trinajstić information content (AvgIpc) is 2.95. The lowest BCUT2D eigenvalue weighted by Crippen LogP contribution is -2.49. The molecule has 2 amide bonds. The fraction of sp³-hybridized carbons (Fsp3) is 0.407. The normalized spacial score (nSPS) is 16.1. The number of benzene rings is 2. The van der Waals surface area contributed by atoms with E-state index in [4.69, 9.17) is 4.74 Å². The highest BCUT2D eigenvalue weighted by molar-refractivity contribution is 5.94. The maximum absolute atomic E-state index is 12.8. The Kier molecular flexibility index (Phi) is 9.38. The predicted molar refractivity (Wildman–Crippen MR) is 144 cm³/mol. The number of hydrogen-bond acceptors (Lipinski definition) is 8. The molecule has 2 aliphatic heterocycles. The molecule has 4 N–H and O–H groups in total. The second-order valence-corrected chi connectivity index (χ2v) is 9.19. The van der Waals surface area contributed by atoms with Crippen molar-refractivity contribution in [1.29, 1.82) is 0 Å². The Morgan fingerprint density at radius 3 is 2.55 bits per heavy atom. The van der Waals surface area contributed by atoms with Crippen LogP contribution in [0.4, 0.5) is 16.2 Å². The van der Waals surface area contributed by atoms with Crippen LogP contribution in [0.2, 0.25) is 0 Å². The van der Waals surface area contributed by atoms with Crippen molar-refractivity contribution in [2.24, 2.45) is 4.99 Å². The number of carbonyl (C=O) groups excluding carboxylic acids is 2. The lowest BCUT2D eigenvalue weighted by atomic mass is 10.1. The van der Waals surface area contributed by atoms with E-state index in [9.17, 15) is 19.5 Å². The van der Waals surface area contributed by atoms with Crippen molar-refractivity contribution in [2.45, 2.75) is 31.9 Å². The quantitative estimate of drug-likeness (QED) is 0.394. The van der Waals surface area contributed by atoms with Gasteiger partial charge in [0.05, 0.1) is 0 Å². The predicted octanol–water partition coefficient (Wildman–Crippen LogP) is 2.26. The number of hydrogen-bond donors (Lipinski definition) is 4. The summed E-state index contributed by atoms with van der Waals surface area (Å²) in [7, 11) is 0. The van der Waals surface area contributed by atoms with Crippen LogP contribution in [0.1, 0.15) is 24.8 Å². The van der Waals surface area contributed by atoms with Gasteiger partial charge in [0, 0.05) is 57.1 Å². The number of aliphatic imine (C=N–C) groups is 1. The van der Waals surface area contributed by atoms with E-state index in [1.54, 1.807) is 17.0 Å². The van der Waals surface area contributed by atoms with Crippen LogP contribution >= 0.6 is 0 Å². The number of carbonyl (C=O) groups is 3. The number of rotatable bonds is 9. The number of ether oxygens (including phenoxy) is 1. The van der Waals surface area contributed by atoms with Crippen molar-refractivity contribution in [3.05, 3.63) is 60.2 Å². The Bertz CT molecular complexity index is 1130. The van der Waals surface area contributed by atoms with E-state index >= 15 is 0 Å². The average molecular weight is 523 g/mol. The molecule has 2 aliphatic rings. The van der Waals surface area contributed by atoms with Crippen molar-refractivity contribution in [3.63, 3.8) is 0 Å². The molecule has 1 atom stereocenters. The van der Waals surface area contributed by atoms with Crippen molar-refractivity contribution < 1.29 is 24.2 Å². The fourth-order valence-electron chi connectivity index (χ4n) is 4.34. The third-order valence-corrected chi connectivity index (χ3v) is 6.45. The molecule has 0 unspecified atom stereocenters. The number of amides is 2. The minimum atomic E-state index is -1.21. The summed E-state index contributed by atoms with van der Waals surface area (Å²) in [5.74, 6) is -0.559. The van der Waals surface area contributed by atoms with Gasteiger partial charge in [-0.15, -0.1) is 0 Å². The summed E-state index contributed by atoms with van der Waals surface area (Å²) in [6, 6.07) is 16.0. The lowest BCUT2D eigenvalue weighted by Gasteiger charge is -2.36. The summed E-state index contributed by atoms with van der Waals surface area (Å²) in [6.07, 6.45) is 0.207. The van der Waals surface area contributed by atoms with Gasteiger partial charge in [0.1, 0.15) is 12.6 Å². The molecule has 2 aromatic carbocycles. The summed E-state index contributed by atoms with van der Waals surface area (Å²) < 4.78 is 5.11. The lowest BCUT2D eigenvalue weighted by molar-refractivity contribution is -0.140. The van der Waals surface area contributed by atoms with Crippen LogP contribution < -0.4 is 20.9 Å². The third-order valence-electron chi connectivity index (χ3n) is 6.45. The van der Waals surface area contributed by atoms with Gasteiger partial charge in [0.25, 0.3) is 0 Å². The molecule has 38 heavy (non-hydrogen) atoms. The van der Waals surface area contributed by atoms with Gasteiger partial charge in [-0.25, -0.2) is 9.59 Å². The van der Waals surface area contributed by atoms with Crippen LogP contribution in [0.25, 0.3) is 0 Å². The first-order valence-electron chi connectivity index (χ1n) is 12.9. The van der Waals surface area contributed by atoms with Gasteiger partial charge in [-0.3, -0.25) is 9.79 Å². The van der Waals surface area contributed by atoms with Crippen molar-refractivity contribution in [2.75, 3.05) is 49.5 Å². The molecule has 4 rings (SSSR count). The Morgan fingerprint density at radius 2 is 1.84 bits per heavy atom. The Morgan fingerprint density at radius 1 is 1.05 bits per heavy atom. The summed E-state index contributed by atoms with van der Waals surface area (Å²) in [4.78, 5) is 44.9. The summed E-state index contributed by atoms with van der Waals surface area (Å²) >= 11 is 0. The van der Waals surface area contributed by atoms with E-state index in [1.165, 1.54) is 0 Å². The topological polar surface area (TPSA) is 136 Å². The van der Waals surface area contributed by atoms with E-state index in [0.717, 1.165) is 42.4 Å². The second-order valence-electron chi connectivity index (χ2n) is 9.19. The Hall–Kier alpha value is -4.28. The number of aliphatic carboxylic acids is 1. The number of carboxylic acid groups (broad SMARTS) is 1. The highest BCUT2D eigenvalue weighted by Gasteiger charge is 2.25. The molecular weight excluding hydrogens is 488 g/mol. The van der Waals surface area contributed by atoms with E-state index in [0.29, 0.717) is 26.2 Å². The number of nitrogens with one attached hydrogen (secondary N) is 3. The van der Waals surface area contributed by atoms with Crippen LogP contribution in [0.5, 0.6) is 0 Å². The summed E-state index contributed by atoms with van der Waals surface area (Å²) in [6.45, 7) is 4.16. The zero-order valence-electron chi connectivity index (χ0n) is 21.3. The fourth-order valence-corrected chi connectivity index (χ4v) is 4.34. The molecule has 0 saturated carbocycles. The van der Waals surface area contributed by atoms with Gasteiger partial charge in [-0.05, 0) is 36.6 Å². The number of carboxylic acids is 1. The van der Waals surface area contributed by atoms with Gasteiger partial charge < -0.3 is 35.6 Å². The molecule has 202 valence electrons. The molecule has 0 spiro atoms. The van der Waals surface area contributed by atoms with Crippen LogP contribution in [0.15, 0.2) is 59.6 Å². The zero-order valence-corrected chi connectivity index (χ0v) is 21.3. The van der Waals surface area contributed by atoms with Gasteiger partial charge in [-0.1, -0.05) is 36.4 Å². The van der Waals surface area contributed by atoms with Gasteiger partial charge in [0.2, 0.25) is 5.91 Å². The number of nitrogens with zero attached hydrogens (tertiary/aromatic N) is 3. The highest BCUT2D eigenvalue weighted by Crippen LogP contribution is 2.21. The summed E-state index contributed by atoms with van der Waals surface area (Å²) in [5, 5.41) is 18.4. The van der Waals surface area contributed by atoms with E-state index < -0.39 is 18.1 Å².